The van der Waals surface area contributed by atoms with Crippen LogP contribution in [0.5, 0.6) is 5.88 Å². The van der Waals surface area contributed by atoms with E-state index >= 15 is 0 Å². The van der Waals surface area contributed by atoms with E-state index in [0.29, 0.717) is 24.0 Å². The first-order valence-electron chi connectivity index (χ1n) is 7.69. The summed E-state index contributed by atoms with van der Waals surface area (Å²) in [6.07, 6.45) is 0.908. The van der Waals surface area contributed by atoms with Crippen LogP contribution in [0.4, 0.5) is 11.5 Å². The molecule has 5 heteroatoms. The average molecular weight is 300 g/mol. The minimum absolute atomic E-state index is 0.217. The second-order valence-corrected chi connectivity index (χ2v) is 5.40. The molecule has 0 amide bonds. The molecule has 2 aromatic rings. The average Bonchev–Trinajstić information content (AvgIpc) is 2.51. The quantitative estimate of drug-likeness (QED) is 0.821. The highest BCUT2D eigenvalue weighted by atomic mass is 16.5. The zero-order valence-electron chi connectivity index (χ0n) is 13.5. The molecule has 0 aliphatic carbocycles. The molecule has 1 heterocycles. The SMILES string of the molecule is CCOc1nc(C(C)C)nc(NCCc2ccccc2)c1N. The third-order valence-corrected chi connectivity index (χ3v) is 3.27. The minimum atomic E-state index is 0.217. The van der Waals surface area contributed by atoms with Crippen LogP contribution in [0.15, 0.2) is 30.3 Å². The van der Waals surface area contributed by atoms with Crippen molar-refractivity contribution in [2.24, 2.45) is 0 Å². The largest absolute Gasteiger partial charge is 0.476 e. The van der Waals surface area contributed by atoms with Crippen LogP contribution in [0.1, 0.15) is 38.1 Å². The smallest absolute Gasteiger partial charge is 0.242 e. The third-order valence-electron chi connectivity index (χ3n) is 3.27. The lowest BCUT2D eigenvalue weighted by Gasteiger charge is -2.15. The Morgan fingerprint density at radius 2 is 1.91 bits per heavy atom. The van der Waals surface area contributed by atoms with E-state index in [-0.39, 0.29) is 5.92 Å². The van der Waals surface area contributed by atoms with Crippen LogP contribution in [0, 0.1) is 0 Å². The number of ether oxygens (including phenoxy) is 1. The monoisotopic (exact) mass is 300 g/mol. The van der Waals surface area contributed by atoms with Crippen molar-refractivity contribution in [2.45, 2.75) is 33.1 Å². The molecular formula is C17H24N4O. The van der Waals surface area contributed by atoms with Gasteiger partial charge in [-0.2, -0.15) is 4.98 Å². The fourth-order valence-corrected chi connectivity index (χ4v) is 2.07. The summed E-state index contributed by atoms with van der Waals surface area (Å²) in [7, 11) is 0. The molecule has 1 aromatic heterocycles. The molecule has 3 N–H and O–H groups in total. The molecule has 0 bridgehead atoms. The first-order valence-corrected chi connectivity index (χ1v) is 7.69. The van der Waals surface area contributed by atoms with E-state index in [1.165, 1.54) is 5.56 Å². The number of anilines is 2. The summed E-state index contributed by atoms with van der Waals surface area (Å²) < 4.78 is 5.52. The van der Waals surface area contributed by atoms with E-state index in [0.717, 1.165) is 18.8 Å². The highest BCUT2D eigenvalue weighted by Crippen LogP contribution is 2.28. The number of nitrogens with zero attached hydrogens (tertiary/aromatic N) is 2. The maximum absolute atomic E-state index is 6.11. The highest BCUT2D eigenvalue weighted by Gasteiger charge is 2.14. The zero-order chi connectivity index (χ0) is 15.9. The van der Waals surface area contributed by atoms with Gasteiger partial charge in [0.25, 0.3) is 0 Å². The van der Waals surface area contributed by atoms with Crippen molar-refractivity contribution in [3.8, 4) is 5.88 Å². The predicted molar refractivity (Wildman–Crippen MR) is 90.3 cm³/mol. The van der Waals surface area contributed by atoms with Crippen molar-refractivity contribution in [1.29, 1.82) is 0 Å². The summed E-state index contributed by atoms with van der Waals surface area (Å²) in [6, 6.07) is 10.3. The van der Waals surface area contributed by atoms with Gasteiger partial charge in [0.1, 0.15) is 11.5 Å². The Labute approximate surface area is 131 Å². The van der Waals surface area contributed by atoms with Crippen molar-refractivity contribution in [3.05, 3.63) is 41.7 Å². The Morgan fingerprint density at radius 1 is 1.18 bits per heavy atom. The fraction of sp³-hybridized carbons (Fsp3) is 0.412. The van der Waals surface area contributed by atoms with Gasteiger partial charge in [-0.1, -0.05) is 44.2 Å². The van der Waals surface area contributed by atoms with E-state index in [2.05, 4.69) is 41.3 Å². The summed E-state index contributed by atoms with van der Waals surface area (Å²) >= 11 is 0. The lowest BCUT2D eigenvalue weighted by Crippen LogP contribution is -2.13. The normalized spacial score (nSPS) is 10.7. The van der Waals surface area contributed by atoms with Gasteiger partial charge in [-0.3, -0.25) is 0 Å². The first-order chi connectivity index (χ1) is 10.6. The van der Waals surface area contributed by atoms with Crippen LogP contribution in [-0.4, -0.2) is 23.1 Å². The number of aromatic nitrogens is 2. The van der Waals surface area contributed by atoms with Gasteiger partial charge in [-0.15, -0.1) is 0 Å². The van der Waals surface area contributed by atoms with Crippen LogP contribution in [-0.2, 0) is 6.42 Å². The Bertz CT molecular complexity index is 599. The molecule has 0 radical (unpaired) electrons. The maximum Gasteiger partial charge on any atom is 0.242 e. The van der Waals surface area contributed by atoms with Gasteiger partial charge in [0, 0.05) is 12.5 Å². The van der Waals surface area contributed by atoms with Crippen LogP contribution >= 0.6 is 0 Å². The Morgan fingerprint density at radius 3 is 2.55 bits per heavy atom. The molecule has 0 atom stereocenters. The summed E-state index contributed by atoms with van der Waals surface area (Å²) in [6.45, 7) is 7.31. The van der Waals surface area contributed by atoms with Crippen molar-refractivity contribution in [1.82, 2.24) is 9.97 Å². The predicted octanol–water partition coefficient (Wildman–Crippen LogP) is 3.24. The molecule has 0 aliphatic heterocycles. The third kappa shape index (κ3) is 4.10. The molecular weight excluding hydrogens is 276 g/mol. The summed E-state index contributed by atoms with van der Waals surface area (Å²) in [4.78, 5) is 8.91. The van der Waals surface area contributed by atoms with Gasteiger partial charge >= 0.3 is 0 Å². The fourth-order valence-electron chi connectivity index (χ4n) is 2.07. The molecule has 0 unspecified atom stereocenters. The maximum atomic E-state index is 6.11. The van der Waals surface area contributed by atoms with Crippen molar-refractivity contribution < 1.29 is 4.74 Å². The molecule has 0 spiro atoms. The Kier molecular flexibility index (Phi) is 5.58. The second-order valence-electron chi connectivity index (χ2n) is 5.40. The number of nitrogens with one attached hydrogen (secondary N) is 1. The molecule has 22 heavy (non-hydrogen) atoms. The van der Waals surface area contributed by atoms with Crippen LogP contribution in [0.2, 0.25) is 0 Å². The second kappa shape index (κ2) is 7.64. The van der Waals surface area contributed by atoms with E-state index in [1.807, 2.05) is 25.1 Å². The van der Waals surface area contributed by atoms with Gasteiger partial charge < -0.3 is 15.8 Å². The molecule has 2 rings (SSSR count). The number of nitrogen functional groups attached to an aromatic ring is 1. The Hall–Kier alpha value is -2.30. The first kappa shape index (κ1) is 16.1. The van der Waals surface area contributed by atoms with Gasteiger partial charge in [0.05, 0.1) is 6.61 Å². The van der Waals surface area contributed by atoms with Crippen molar-refractivity contribution >= 4 is 11.5 Å². The molecule has 0 saturated carbocycles. The molecule has 118 valence electrons. The van der Waals surface area contributed by atoms with Gasteiger partial charge in [0.15, 0.2) is 5.82 Å². The zero-order valence-corrected chi connectivity index (χ0v) is 13.5. The lowest BCUT2D eigenvalue weighted by molar-refractivity contribution is 0.326. The van der Waals surface area contributed by atoms with E-state index in [9.17, 15) is 0 Å². The van der Waals surface area contributed by atoms with Crippen LogP contribution in [0.25, 0.3) is 0 Å². The highest BCUT2D eigenvalue weighted by molar-refractivity contribution is 5.67. The Balaban J connectivity index is 2.11. The van der Waals surface area contributed by atoms with Gasteiger partial charge in [-0.05, 0) is 18.9 Å². The molecule has 1 aromatic carbocycles. The molecule has 0 saturated heterocycles. The summed E-state index contributed by atoms with van der Waals surface area (Å²) in [5.74, 6) is 2.07. The minimum Gasteiger partial charge on any atom is -0.476 e. The number of nitrogens with two attached hydrogens (primary N) is 1. The van der Waals surface area contributed by atoms with E-state index in [1.54, 1.807) is 0 Å². The van der Waals surface area contributed by atoms with Gasteiger partial charge in [-0.25, -0.2) is 4.98 Å². The van der Waals surface area contributed by atoms with Gasteiger partial charge in [0.2, 0.25) is 5.88 Å². The molecule has 0 fully saturated rings. The molecule has 5 nitrogen and oxygen atoms in total. The number of hydrogen-bond donors (Lipinski definition) is 2. The van der Waals surface area contributed by atoms with Crippen molar-refractivity contribution in [2.75, 3.05) is 24.2 Å². The summed E-state index contributed by atoms with van der Waals surface area (Å²) in [5.41, 5.74) is 7.85. The summed E-state index contributed by atoms with van der Waals surface area (Å²) in [5, 5.41) is 3.30. The topological polar surface area (TPSA) is 73.1 Å². The molecule has 0 aliphatic rings. The number of hydrogen-bond acceptors (Lipinski definition) is 5. The van der Waals surface area contributed by atoms with Crippen LogP contribution in [0.3, 0.4) is 0 Å². The number of benzene rings is 1. The van der Waals surface area contributed by atoms with E-state index in [4.69, 9.17) is 10.5 Å². The number of rotatable bonds is 7. The van der Waals surface area contributed by atoms with E-state index < -0.39 is 0 Å². The lowest BCUT2D eigenvalue weighted by atomic mass is 10.1. The van der Waals surface area contributed by atoms with Crippen LogP contribution < -0.4 is 15.8 Å². The standard InChI is InChI=1S/C17H24N4O/c1-4-22-17-14(18)16(20-15(21-17)12(2)3)19-11-10-13-8-6-5-7-9-13/h5-9,12H,4,10-11,18H2,1-3H3,(H,19,20,21). The van der Waals surface area contributed by atoms with Crippen molar-refractivity contribution in [3.63, 3.8) is 0 Å².